The summed E-state index contributed by atoms with van der Waals surface area (Å²) in [4.78, 5) is 0. The predicted octanol–water partition coefficient (Wildman–Crippen LogP) is 1.91. The van der Waals surface area contributed by atoms with Crippen LogP contribution in [0.4, 0.5) is 0 Å². The van der Waals surface area contributed by atoms with Gasteiger partial charge in [0, 0.05) is 25.2 Å². The smallest absolute Gasteiger partial charge is 0.279 e. The molecule has 0 aliphatic carbocycles. The Morgan fingerprint density at radius 1 is 1.09 bits per heavy atom. The van der Waals surface area contributed by atoms with E-state index in [2.05, 4.69) is 4.72 Å². The lowest BCUT2D eigenvalue weighted by molar-refractivity contribution is 0.351. The van der Waals surface area contributed by atoms with Crippen LogP contribution in [-0.2, 0) is 16.8 Å². The van der Waals surface area contributed by atoms with Crippen molar-refractivity contribution >= 4 is 10.2 Å². The van der Waals surface area contributed by atoms with Crippen LogP contribution in [0, 0.1) is 0 Å². The van der Waals surface area contributed by atoms with Crippen molar-refractivity contribution in [2.45, 2.75) is 32.2 Å². The maximum absolute atomic E-state index is 12.4. The molecule has 1 N–H and O–H groups in total. The first-order valence-electron chi connectivity index (χ1n) is 7.53. The monoisotopic (exact) mass is 328 g/mol. The summed E-state index contributed by atoms with van der Waals surface area (Å²) >= 11 is 0. The van der Waals surface area contributed by atoms with E-state index in [9.17, 15) is 8.42 Å². The first-order chi connectivity index (χ1) is 10.6. The highest BCUT2D eigenvalue weighted by atomic mass is 32.2. The Bertz CT molecular complexity index is 581. The maximum atomic E-state index is 12.4. The van der Waals surface area contributed by atoms with Crippen LogP contribution < -0.4 is 14.2 Å². The lowest BCUT2D eigenvalue weighted by Gasteiger charge is -2.21. The van der Waals surface area contributed by atoms with Gasteiger partial charge in [0.1, 0.15) is 0 Å². The normalized spacial score (nSPS) is 17.0. The van der Waals surface area contributed by atoms with Gasteiger partial charge in [-0.05, 0) is 18.9 Å². The van der Waals surface area contributed by atoms with Crippen molar-refractivity contribution in [3.05, 3.63) is 23.8 Å². The Balaban J connectivity index is 2.08. The molecule has 1 fully saturated rings. The molecule has 2 rings (SSSR count). The highest BCUT2D eigenvalue weighted by Gasteiger charge is 2.23. The number of benzene rings is 1. The Morgan fingerprint density at radius 2 is 1.77 bits per heavy atom. The molecule has 1 aromatic carbocycles. The Morgan fingerprint density at radius 3 is 2.36 bits per heavy atom. The molecule has 0 aromatic heterocycles. The van der Waals surface area contributed by atoms with Gasteiger partial charge in [0.05, 0.1) is 14.2 Å². The summed E-state index contributed by atoms with van der Waals surface area (Å²) in [6.07, 6.45) is 4.03. The first kappa shape index (κ1) is 17.1. The van der Waals surface area contributed by atoms with Crippen LogP contribution in [-0.4, -0.2) is 40.0 Å². The minimum absolute atomic E-state index is 0.180. The second-order valence-corrected chi connectivity index (χ2v) is 7.05. The number of hydrogen-bond acceptors (Lipinski definition) is 4. The summed E-state index contributed by atoms with van der Waals surface area (Å²) in [6, 6.07) is 5.43. The Kier molecular flexibility index (Phi) is 6.05. The van der Waals surface area contributed by atoms with Crippen molar-refractivity contribution in [1.82, 2.24) is 9.03 Å². The average Bonchev–Trinajstić information content (AvgIpc) is 2.82. The molecule has 6 nitrogen and oxygen atoms in total. The van der Waals surface area contributed by atoms with Crippen molar-refractivity contribution in [3.63, 3.8) is 0 Å². The molecule has 1 aliphatic rings. The number of methoxy groups -OCH3 is 2. The molecule has 22 heavy (non-hydrogen) atoms. The highest BCUT2D eigenvalue weighted by Crippen LogP contribution is 2.30. The van der Waals surface area contributed by atoms with E-state index >= 15 is 0 Å². The number of ether oxygens (including phenoxy) is 2. The summed E-state index contributed by atoms with van der Waals surface area (Å²) in [5, 5.41) is 0. The quantitative estimate of drug-likeness (QED) is 0.866. The van der Waals surface area contributed by atoms with Gasteiger partial charge in [-0.3, -0.25) is 0 Å². The second-order valence-electron chi connectivity index (χ2n) is 5.29. The molecule has 0 unspecified atom stereocenters. The molecule has 0 radical (unpaired) electrons. The topological polar surface area (TPSA) is 67.9 Å². The predicted molar refractivity (Wildman–Crippen MR) is 85.3 cm³/mol. The van der Waals surface area contributed by atoms with Crippen molar-refractivity contribution in [2.24, 2.45) is 0 Å². The summed E-state index contributed by atoms with van der Waals surface area (Å²) in [6.45, 7) is 1.36. The van der Waals surface area contributed by atoms with Crippen LogP contribution in [0.25, 0.3) is 0 Å². The van der Waals surface area contributed by atoms with Gasteiger partial charge in [0.15, 0.2) is 11.5 Å². The molecule has 0 atom stereocenters. The standard InChI is InChI=1S/C15H24N2O4S/c1-20-14-9-7-8-13(15(14)21-2)12-16-22(18,19)17-10-5-3-4-6-11-17/h7-9,16H,3-6,10-12H2,1-2H3. The molecule has 0 bridgehead atoms. The van der Waals surface area contributed by atoms with Crippen molar-refractivity contribution in [1.29, 1.82) is 0 Å². The summed E-state index contributed by atoms with van der Waals surface area (Å²) < 4.78 is 39.6. The van der Waals surface area contributed by atoms with E-state index in [1.807, 2.05) is 12.1 Å². The zero-order valence-electron chi connectivity index (χ0n) is 13.2. The minimum Gasteiger partial charge on any atom is -0.493 e. The number of para-hydroxylation sites is 1. The van der Waals surface area contributed by atoms with E-state index in [1.54, 1.807) is 20.3 Å². The minimum atomic E-state index is -3.46. The Labute approximate surface area is 132 Å². The van der Waals surface area contributed by atoms with Crippen molar-refractivity contribution in [3.8, 4) is 11.5 Å². The lowest BCUT2D eigenvalue weighted by Crippen LogP contribution is -2.40. The molecule has 1 heterocycles. The zero-order valence-corrected chi connectivity index (χ0v) is 14.0. The fraction of sp³-hybridized carbons (Fsp3) is 0.600. The van der Waals surface area contributed by atoms with Gasteiger partial charge < -0.3 is 9.47 Å². The molecule has 7 heteroatoms. The van der Waals surface area contributed by atoms with Crippen LogP contribution >= 0.6 is 0 Å². The van der Waals surface area contributed by atoms with E-state index < -0.39 is 10.2 Å². The molecule has 1 saturated heterocycles. The second kappa shape index (κ2) is 7.80. The fourth-order valence-electron chi connectivity index (χ4n) is 2.64. The number of nitrogens with one attached hydrogen (secondary N) is 1. The van der Waals surface area contributed by atoms with Gasteiger partial charge in [-0.15, -0.1) is 0 Å². The van der Waals surface area contributed by atoms with E-state index in [0.29, 0.717) is 24.6 Å². The van der Waals surface area contributed by atoms with E-state index in [4.69, 9.17) is 9.47 Å². The molecule has 1 aliphatic heterocycles. The molecule has 0 amide bonds. The number of rotatable bonds is 6. The summed E-state index contributed by atoms with van der Waals surface area (Å²) in [7, 11) is -0.358. The van der Waals surface area contributed by atoms with E-state index in [-0.39, 0.29) is 6.54 Å². The van der Waals surface area contributed by atoms with Crippen LogP contribution in [0.5, 0.6) is 11.5 Å². The zero-order chi connectivity index (χ0) is 16.0. The third-order valence-corrected chi connectivity index (χ3v) is 5.39. The molecule has 124 valence electrons. The molecular weight excluding hydrogens is 304 g/mol. The van der Waals surface area contributed by atoms with Crippen LogP contribution in [0.3, 0.4) is 0 Å². The van der Waals surface area contributed by atoms with Gasteiger partial charge in [-0.1, -0.05) is 25.0 Å². The highest BCUT2D eigenvalue weighted by molar-refractivity contribution is 7.87. The number of hydrogen-bond donors (Lipinski definition) is 1. The largest absolute Gasteiger partial charge is 0.493 e. The number of nitrogens with zero attached hydrogens (tertiary/aromatic N) is 1. The third-order valence-electron chi connectivity index (χ3n) is 3.83. The van der Waals surface area contributed by atoms with Crippen LogP contribution in [0.2, 0.25) is 0 Å². The van der Waals surface area contributed by atoms with Gasteiger partial charge >= 0.3 is 0 Å². The first-order valence-corrected chi connectivity index (χ1v) is 8.97. The molecular formula is C15H24N2O4S. The Hall–Kier alpha value is -1.31. The van der Waals surface area contributed by atoms with Gasteiger partial charge in [-0.25, -0.2) is 0 Å². The van der Waals surface area contributed by atoms with Gasteiger partial charge in [-0.2, -0.15) is 17.4 Å². The molecule has 0 spiro atoms. The SMILES string of the molecule is COc1cccc(CNS(=O)(=O)N2CCCCCC2)c1OC. The van der Waals surface area contributed by atoms with E-state index in [0.717, 1.165) is 31.2 Å². The van der Waals surface area contributed by atoms with Crippen molar-refractivity contribution < 1.29 is 17.9 Å². The van der Waals surface area contributed by atoms with Crippen LogP contribution in [0.1, 0.15) is 31.2 Å². The lowest BCUT2D eigenvalue weighted by atomic mass is 10.2. The maximum Gasteiger partial charge on any atom is 0.279 e. The molecule has 0 saturated carbocycles. The third kappa shape index (κ3) is 4.12. The summed E-state index contributed by atoms with van der Waals surface area (Å²) in [5.41, 5.74) is 0.750. The van der Waals surface area contributed by atoms with Crippen molar-refractivity contribution in [2.75, 3.05) is 27.3 Å². The molecule has 1 aromatic rings. The fourth-order valence-corrected chi connectivity index (χ4v) is 3.89. The summed E-state index contributed by atoms with van der Waals surface area (Å²) in [5.74, 6) is 1.15. The average molecular weight is 328 g/mol. The van der Waals surface area contributed by atoms with Crippen LogP contribution in [0.15, 0.2) is 18.2 Å². The van der Waals surface area contributed by atoms with Gasteiger partial charge in [0.25, 0.3) is 10.2 Å². The van der Waals surface area contributed by atoms with Gasteiger partial charge in [0.2, 0.25) is 0 Å². The van der Waals surface area contributed by atoms with E-state index in [1.165, 1.54) is 4.31 Å².